The number of amides is 2. The number of nitrogens with zero attached hydrogens (tertiary/aromatic N) is 2. The number of rotatable bonds is 11. The molecule has 39 heavy (non-hydrogen) atoms. The quantitative estimate of drug-likeness (QED) is 0.307. The summed E-state index contributed by atoms with van der Waals surface area (Å²) in [5, 5.41) is 3.82. The smallest absolute Gasteiger partial charge is 0.244 e. The highest BCUT2D eigenvalue weighted by molar-refractivity contribution is 7.92. The largest absolute Gasteiger partial charge is 0.352 e. The Labute approximate surface area is 244 Å². The normalized spacial score (nSPS) is 12.2. The summed E-state index contributed by atoms with van der Waals surface area (Å²) in [5.74, 6) is -0.919. The molecule has 1 N–H and O–H groups in total. The van der Waals surface area contributed by atoms with Crippen LogP contribution in [0.5, 0.6) is 0 Å². The van der Waals surface area contributed by atoms with Crippen molar-refractivity contribution in [3.63, 3.8) is 0 Å². The summed E-state index contributed by atoms with van der Waals surface area (Å²) < 4.78 is 26.6. The molecule has 0 aliphatic rings. The van der Waals surface area contributed by atoms with Crippen LogP contribution >= 0.6 is 34.8 Å². The Bertz CT molecular complexity index is 1400. The molecular formula is C28H30Cl3N3O4S. The van der Waals surface area contributed by atoms with Gasteiger partial charge in [-0.2, -0.15) is 0 Å². The van der Waals surface area contributed by atoms with Crippen LogP contribution in [0.4, 0.5) is 5.69 Å². The fourth-order valence-electron chi connectivity index (χ4n) is 3.98. The summed E-state index contributed by atoms with van der Waals surface area (Å²) in [7, 11) is -3.91. The first-order valence-corrected chi connectivity index (χ1v) is 15.1. The van der Waals surface area contributed by atoms with Gasteiger partial charge in [-0.3, -0.25) is 13.9 Å². The number of hydrogen-bond donors (Lipinski definition) is 1. The lowest BCUT2D eigenvalue weighted by molar-refractivity contribution is -0.140. The van der Waals surface area contributed by atoms with Crippen molar-refractivity contribution in [2.24, 2.45) is 0 Å². The van der Waals surface area contributed by atoms with Crippen molar-refractivity contribution < 1.29 is 18.0 Å². The van der Waals surface area contributed by atoms with E-state index in [4.69, 9.17) is 34.8 Å². The van der Waals surface area contributed by atoms with E-state index in [0.717, 1.165) is 21.7 Å². The molecule has 3 aromatic carbocycles. The van der Waals surface area contributed by atoms with E-state index in [1.54, 1.807) is 24.3 Å². The van der Waals surface area contributed by atoms with Gasteiger partial charge in [0.1, 0.15) is 12.6 Å². The molecule has 1 atom stereocenters. The molecule has 3 rings (SSSR count). The van der Waals surface area contributed by atoms with Gasteiger partial charge in [-0.15, -0.1) is 0 Å². The lowest BCUT2D eigenvalue weighted by Gasteiger charge is -2.34. The molecular weight excluding hydrogens is 581 g/mol. The summed E-state index contributed by atoms with van der Waals surface area (Å²) in [6.45, 7) is 3.17. The van der Waals surface area contributed by atoms with Crippen LogP contribution < -0.4 is 9.62 Å². The molecule has 0 saturated carbocycles. The third-order valence-electron chi connectivity index (χ3n) is 5.84. The average Bonchev–Trinajstić information content (AvgIpc) is 2.87. The van der Waals surface area contributed by atoms with Crippen LogP contribution in [0.15, 0.2) is 72.8 Å². The minimum absolute atomic E-state index is 0.0536. The maximum absolute atomic E-state index is 14.0. The highest BCUT2D eigenvalue weighted by atomic mass is 35.5. The molecule has 0 fully saturated rings. The first-order chi connectivity index (χ1) is 18.3. The topological polar surface area (TPSA) is 86.8 Å². The Hall–Kier alpha value is -2.78. The Morgan fingerprint density at radius 1 is 0.872 bits per heavy atom. The minimum atomic E-state index is -3.91. The monoisotopic (exact) mass is 609 g/mol. The summed E-state index contributed by atoms with van der Waals surface area (Å²) in [4.78, 5) is 28.9. The van der Waals surface area contributed by atoms with E-state index in [1.165, 1.54) is 23.1 Å². The van der Waals surface area contributed by atoms with Gasteiger partial charge < -0.3 is 10.2 Å². The number of halogens is 3. The fraction of sp³-hybridized carbons (Fsp3) is 0.286. The zero-order valence-corrected chi connectivity index (χ0v) is 24.9. The van der Waals surface area contributed by atoms with Crippen molar-refractivity contribution >= 4 is 62.3 Å². The summed E-state index contributed by atoms with van der Waals surface area (Å²) in [5.41, 5.74) is 1.75. The number of carbonyl (C=O) groups is 2. The summed E-state index contributed by atoms with van der Waals surface area (Å²) >= 11 is 18.2. The Morgan fingerprint density at radius 2 is 1.51 bits per heavy atom. The van der Waals surface area contributed by atoms with Gasteiger partial charge in [-0.05, 0) is 55.3 Å². The molecule has 208 valence electrons. The average molecular weight is 611 g/mol. The van der Waals surface area contributed by atoms with E-state index in [0.29, 0.717) is 5.02 Å². The van der Waals surface area contributed by atoms with Crippen molar-refractivity contribution in [2.75, 3.05) is 17.1 Å². The maximum atomic E-state index is 14.0. The maximum Gasteiger partial charge on any atom is 0.244 e. The van der Waals surface area contributed by atoms with Crippen LogP contribution in [0.3, 0.4) is 0 Å². The van der Waals surface area contributed by atoms with Gasteiger partial charge >= 0.3 is 0 Å². The van der Waals surface area contributed by atoms with E-state index in [1.807, 2.05) is 44.2 Å². The third kappa shape index (κ3) is 8.86. The van der Waals surface area contributed by atoms with E-state index >= 15 is 0 Å². The van der Waals surface area contributed by atoms with Crippen molar-refractivity contribution in [1.29, 1.82) is 0 Å². The molecule has 0 aliphatic carbocycles. The van der Waals surface area contributed by atoms with Crippen LogP contribution in [0, 0.1) is 0 Å². The molecule has 0 aliphatic heterocycles. The number of anilines is 1. The molecule has 11 heteroatoms. The molecule has 0 unspecified atom stereocenters. The highest BCUT2D eigenvalue weighted by Gasteiger charge is 2.33. The number of nitrogens with one attached hydrogen (secondary N) is 1. The first kappa shape index (κ1) is 30.8. The van der Waals surface area contributed by atoms with Crippen molar-refractivity contribution in [3.8, 4) is 0 Å². The van der Waals surface area contributed by atoms with Gasteiger partial charge in [0.05, 0.1) is 22.0 Å². The lowest BCUT2D eigenvalue weighted by atomic mass is 10.0. The SMILES string of the molecule is CC(C)NC(=O)[C@H](Cc1ccccc1)N(Cc1ccc(Cl)cc1)C(=O)CN(c1ccc(Cl)c(Cl)c1)S(C)(=O)=O. The lowest BCUT2D eigenvalue weighted by Crippen LogP contribution is -2.54. The zero-order chi connectivity index (χ0) is 28.7. The van der Waals surface area contributed by atoms with Crippen molar-refractivity contribution in [3.05, 3.63) is 99.0 Å². The van der Waals surface area contributed by atoms with Gasteiger partial charge in [0.25, 0.3) is 0 Å². The second-order valence-electron chi connectivity index (χ2n) is 9.38. The Kier molecular flexibility index (Phi) is 10.7. The fourth-order valence-corrected chi connectivity index (χ4v) is 5.23. The van der Waals surface area contributed by atoms with E-state index in [-0.39, 0.29) is 40.6 Å². The molecule has 7 nitrogen and oxygen atoms in total. The molecule has 0 aromatic heterocycles. The Morgan fingerprint density at radius 3 is 2.08 bits per heavy atom. The van der Waals surface area contributed by atoms with Gasteiger partial charge in [0.2, 0.25) is 21.8 Å². The number of benzene rings is 3. The molecule has 0 saturated heterocycles. The summed E-state index contributed by atoms with van der Waals surface area (Å²) in [6, 6.07) is 19.4. The van der Waals surface area contributed by atoms with Gasteiger partial charge in [0.15, 0.2) is 0 Å². The van der Waals surface area contributed by atoms with Gasteiger partial charge in [0, 0.05) is 24.0 Å². The summed E-state index contributed by atoms with van der Waals surface area (Å²) in [6.07, 6.45) is 1.23. The van der Waals surface area contributed by atoms with E-state index in [2.05, 4.69) is 5.32 Å². The van der Waals surface area contributed by atoms with Crippen LogP contribution in [0.25, 0.3) is 0 Å². The van der Waals surface area contributed by atoms with Crippen molar-refractivity contribution in [2.45, 2.75) is 38.9 Å². The number of hydrogen-bond acceptors (Lipinski definition) is 4. The van der Waals surface area contributed by atoms with E-state index in [9.17, 15) is 18.0 Å². The number of sulfonamides is 1. The van der Waals surface area contributed by atoms with Crippen LogP contribution in [0.2, 0.25) is 15.1 Å². The van der Waals surface area contributed by atoms with Crippen LogP contribution in [-0.2, 0) is 32.6 Å². The van der Waals surface area contributed by atoms with Gasteiger partial charge in [-0.25, -0.2) is 8.42 Å². The second kappa shape index (κ2) is 13.5. The third-order valence-corrected chi connectivity index (χ3v) is 7.97. The molecule has 0 radical (unpaired) electrons. The van der Waals surface area contributed by atoms with Crippen LogP contribution in [-0.4, -0.2) is 50.0 Å². The standard InChI is InChI=1S/C28H30Cl3N3O4S/c1-19(2)32-28(36)26(15-20-7-5-4-6-8-20)33(17-21-9-11-22(29)12-10-21)27(35)18-34(39(3,37)38)23-13-14-24(30)25(31)16-23/h4-14,16,19,26H,15,17-18H2,1-3H3,(H,32,36)/t26-/m0/s1. The number of carbonyl (C=O) groups excluding carboxylic acids is 2. The molecule has 0 heterocycles. The molecule has 0 spiro atoms. The first-order valence-electron chi connectivity index (χ1n) is 12.2. The Balaban J connectivity index is 2.06. The molecule has 0 bridgehead atoms. The highest BCUT2D eigenvalue weighted by Crippen LogP contribution is 2.29. The minimum Gasteiger partial charge on any atom is -0.352 e. The second-order valence-corrected chi connectivity index (χ2v) is 12.5. The molecule has 2 amide bonds. The van der Waals surface area contributed by atoms with E-state index < -0.39 is 28.5 Å². The molecule has 3 aromatic rings. The predicted octanol–water partition coefficient (Wildman–Crippen LogP) is 5.58. The zero-order valence-electron chi connectivity index (χ0n) is 21.8. The van der Waals surface area contributed by atoms with Gasteiger partial charge in [-0.1, -0.05) is 77.3 Å². The predicted molar refractivity (Wildman–Crippen MR) is 158 cm³/mol. The van der Waals surface area contributed by atoms with Crippen molar-refractivity contribution in [1.82, 2.24) is 10.2 Å². The van der Waals surface area contributed by atoms with Crippen LogP contribution in [0.1, 0.15) is 25.0 Å².